The summed E-state index contributed by atoms with van der Waals surface area (Å²) < 4.78 is 5.25. The number of ether oxygens (including phenoxy) is 1. The van der Waals surface area contributed by atoms with Crippen LogP contribution in [0.15, 0.2) is 24.3 Å². The molecule has 0 saturated heterocycles. The van der Waals surface area contributed by atoms with Crippen LogP contribution in [0.4, 0.5) is 0 Å². The van der Waals surface area contributed by atoms with Crippen LogP contribution >= 0.6 is 0 Å². The molecule has 4 nitrogen and oxygen atoms in total. The van der Waals surface area contributed by atoms with Crippen molar-refractivity contribution in [1.29, 1.82) is 5.26 Å². The fourth-order valence-electron chi connectivity index (χ4n) is 2.97. The second-order valence-electron chi connectivity index (χ2n) is 5.98. The topological polar surface area (TPSA) is 65.3 Å². The van der Waals surface area contributed by atoms with Crippen LogP contribution in [0, 0.1) is 16.7 Å². The molecule has 1 aliphatic carbocycles. The summed E-state index contributed by atoms with van der Waals surface area (Å²) in [6.07, 6.45) is 4.68. The molecular formula is C17H24N2O2. The first-order valence-corrected chi connectivity index (χ1v) is 7.63. The maximum Gasteiger partial charge on any atom is 0.174 e. The molecule has 1 unspecified atom stereocenters. The molecule has 2 N–H and O–H groups in total. The summed E-state index contributed by atoms with van der Waals surface area (Å²) in [6, 6.07) is 10.0. The van der Waals surface area contributed by atoms with Gasteiger partial charge in [0.05, 0.1) is 0 Å². The zero-order valence-electron chi connectivity index (χ0n) is 12.6. The molecule has 0 amide bonds. The summed E-state index contributed by atoms with van der Waals surface area (Å²) in [5.74, 6) is 0.718. The molecule has 1 aromatic rings. The summed E-state index contributed by atoms with van der Waals surface area (Å²) in [4.78, 5) is 0. The van der Waals surface area contributed by atoms with E-state index < -0.39 is 0 Å². The Morgan fingerprint density at radius 3 is 2.57 bits per heavy atom. The van der Waals surface area contributed by atoms with Gasteiger partial charge >= 0.3 is 0 Å². The largest absolute Gasteiger partial charge is 0.479 e. The van der Waals surface area contributed by atoms with Gasteiger partial charge in [-0.15, -0.1) is 0 Å². The highest BCUT2D eigenvalue weighted by molar-refractivity contribution is 5.29. The number of hydrogen-bond acceptors (Lipinski definition) is 4. The SMILES string of the molecule is CC(NCC1(CO)CCCC1)c1ccc(OCC#N)cc1. The van der Waals surface area contributed by atoms with E-state index in [2.05, 4.69) is 12.2 Å². The van der Waals surface area contributed by atoms with Crippen LogP contribution in [0.5, 0.6) is 5.75 Å². The lowest BCUT2D eigenvalue weighted by molar-refractivity contribution is 0.125. The van der Waals surface area contributed by atoms with E-state index in [0.717, 1.165) is 25.1 Å². The van der Waals surface area contributed by atoms with Gasteiger partial charge in [-0.05, 0) is 37.5 Å². The normalized spacial score (nSPS) is 18.1. The number of nitrogens with zero attached hydrogens (tertiary/aromatic N) is 1. The van der Waals surface area contributed by atoms with Gasteiger partial charge in [0, 0.05) is 24.6 Å². The first kappa shape index (κ1) is 15.8. The molecule has 1 atom stereocenters. The molecule has 0 radical (unpaired) electrons. The van der Waals surface area contributed by atoms with Crippen molar-refractivity contribution in [2.75, 3.05) is 19.8 Å². The quantitative estimate of drug-likeness (QED) is 0.809. The van der Waals surface area contributed by atoms with Gasteiger partial charge in [0.15, 0.2) is 6.61 Å². The molecule has 1 saturated carbocycles. The molecule has 1 aliphatic rings. The van der Waals surface area contributed by atoms with Gasteiger partial charge in [-0.3, -0.25) is 0 Å². The van der Waals surface area contributed by atoms with Gasteiger partial charge in [0.2, 0.25) is 0 Å². The van der Waals surface area contributed by atoms with Gasteiger partial charge < -0.3 is 15.2 Å². The highest BCUT2D eigenvalue weighted by atomic mass is 16.5. The third-order valence-electron chi connectivity index (χ3n) is 4.47. The number of aliphatic hydroxyl groups excluding tert-OH is 1. The van der Waals surface area contributed by atoms with Crippen molar-refractivity contribution in [3.8, 4) is 11.8 Å². The second-order valence-corrected chi connectivity index (χ2v) is 5.98. The average molecular weight is 288 g/mol. The van der Waals surface area contributed by atoms with Gasteiger partial charge in [-0.2, -0.15) is 5.26 Å². The summed E-state index contributed by atoms with van der Waals surface area (Å²) >= 11 is 0. The van der Waals surface area contributed by atoms with Crippen molar-refractivity contribution < 1.29 is 9.84 Å². The summed E-state index contributed by atoms with van der Waals surface area (Å²) in [6.45, 7) is 3.34. The smallest absolute Gasteiger partial charge is 0.174 e. The Balaban J connectivity index is 1.88. The molecule has 0 spiro atoms. The number of nitriles is 1. The lowest BCUT2D eigenvalue weighted by Crippen LogP contribution is -2.36. The predicted octanol–water partition coefficient (Wildman–Crippen LogP) is 2.79. The van der Waals surface area contributed by atoms with Gasteiger partial charge in [-0.25, -0.2) is 0 Å². The Morgan fingerprint density at radius 2 is 2.00 bits per heavy atom. The maximum atomic E-state index is 9.64. The Labute approximate surface area is 126 Å². The van der Waals surface area contributed by atoms with Crippen LogP contribution in [-0.2, 0) is 0 Å². The molecule has 2 rings (SSSR count). The van der Waals surface area contributed by atoms with Crippen molar-refractivity contribution in [1.82, 2.24) is 5.32 Å². The molecule has 0 heterocycles. The number of benzene rings is 1. The monoisotopic (exact) mass is 288 g/mol. The minimum absolute atomic E-state index is 0.0735. The third kappa shape index (κ3) is 4.20. The fourth-order valence-corrected chi connectivity index (χ4v) is 2.97. The summed E-state index contributed by atoms with van der Waals surface area (Å²) in [7, 11) is 0. The number of nitrogens with one attached hydrogen (secondary N) is 1. The first-order chi connectivity index (χ1) is 10.2. The molecule has 114 valence electrons. The Hall–Kier alpha value is -1.57. The van der Waals surface area contributed by atoms with Crippen molar-refractivity contribution in [2.24, 2.45) is 5.41 Å². The van der Waals surface area contributed by atoms with E-state index in [4.69, 9.17) is 10.00 Å². The van der Waals surface area contributed by atoms with Crippen LogP contribution in [-0.4, -0.2) is 24.9 Å². The highest BCUT2D eigenvalue weighted by Crippen LogP contribution is 2.37. The van der Waals surface area contributed by atoms with Crippen molar-refractivity contribution >= 4 is 0 Å². The number of rotatable bonds is 7. The van der Waals surface area contributed by atoms with Gasteiger partial charge in [0.1, 0.15) is 11.8 Å². The molecule has 1 fully saturated rings. The third-order valence-corrected chi connectivity index (χ3v) is 4.47. The molecule has 21 heavy (non-hydrogen) atoms. The van der Waals surface area contributed by atoms with Crippen LogP contribution in [0.3, 0.4) is 0 Å². The first-order valence-electron chi connectivity index (χ1n) is 7.63. The molecule has 4 heteroatoms. The van der Waals surface area contributed by atoms with E-state index >= 15 is 0 Å². The minimum Gasteiger partial charge on any atom is -0.479 e. The predicted molar refractivity (Wildman–Crippen MR) is 82.0 cm³/mol. The van der Waals surface area contributed by atoms with E-state index in [1.807, 2.05) is 30.3 Å². The van der Waals surface area contributed by atoms with Gasteiger partial charge in [0.25, 0.3) is 0 Å². The highest BCUT2D eigenvalue weighted by Gasteiger charge is 2.33. The van der Waals surface area contributed by atoms with Crippen molar-refractivity contribution in [3.05, 3.63) is 29.8 Å². The summed E-state index contributed by atoms with van der Waals surface area (Å²) in [5.41, 5.74) is 1.26. The lowest BCUT2D eigenvalue weighted by Gasteiger charge is -2.29. The summed E-state index contributed by atoms with van der Waals surface area (Å²) in [5, 5.41) is 21.7. The van der Waals surface area contributed by atoms with Crippen LogP contribution < -0.4 is 10.1 Å². The van der Waals surface area contributed by atoms with E-state index in [0.29, 0.717) is 0 Å². The van der Waals surface area contributed by atoms with Gasteiger partial charge in [-0.1, -0.05) is 25.0 Å². The second kappa shape index (κ2) is 7.44. The molecule has 0 aromatic heterocycles. The number of aliphatic hydroxyl groups is 1. The maximum absolute atomic E-state index is 9.64. The average Bonchev–Trinajstić information content (AvgIpc) is 3.00. The Kier molecular flexibility index (Phi) is 5.60. The molecular weight excluding hydrogens is 264 g/mol. The zero-order chi connectivity index (χ0) is 15.1. The Bertz CT molecular complexity index is 473. The van der Waals surface area contributed by atoms with E-state index in [-0.39, 0.29) is 24.7 Å². The van der Waals surface area contributed by atoms with E-state index in [1.165, 1.54) is 18.4 Å². The van der Waals surface area contributed by atoms with Crippen molar-refractivity contribution in [2.45, 2.75) is 38.6 Å². The van der Waals surface area contributed by atoms with Crippen LogP contribution in [0.1, 0.15) is 44.2 Å². The van der Waals surface area contributed by atoms with E-state index in [1.54, 1.807) is 0 Å². The van der Waals surface area contributed by atoms with Crippen LogP contribution in [0.25, 0.3) is 0 Å². The van der Waals surface area contributed by atoms with E-state index in [9.17, 15) is 5.11 Å². The minimum atomic E-state index is 0.0735. The lowest BCUT2D eigenvalue weighted by atomic mass is 9.87. The number of hydrogen-bond donors (Lipinski definition) is 2. The molecule has 0 aliphatic heterocycles. The Morgan fingerprint density at radius 1 is 1.33 bits per heavy atom. The molecule has 1 aromatic carbocycles. The zero-order valence-corrected chi connectivity index (χ0v) is 12.6. The van der Waals surface area contributed by atoms with Crippen molar-refractivity contribution in [3.63, 3.8) is 0 Å². The molecule has 0 bridgehead atoms. The standard InChI is InChI=1S/C17H24N2O2/c1-14(19-12-17(13-20)8-2-3-9-17)15-4-6-16(7-5-15)21-11-10-18/h4-7,14,19-20H,2-3,8-9,11-13H2,1H3. The van der Waals surface area contributed by atoms with Crippen LogP contribution in [0.2, 0.25) is 0 Å². The fraction of sp³-hybridized carbons (Fsp3) is 0.588.